The predicted molar refractivity (Wildman–Crippen MR) is 99.8 cm³/mol. The summed E-state index contributed by atoms with van der Waals surface area (Å²) in [5, 5.41) is 7.55. The number of benzene rings is 2. The molecule has 3 rings (SSSR count). The third-order valence-electron chi connectivity index (χ3n) is 4.37. The second-order valence-corrected chi connectivity index (χ2v) is 6.50. The molecule has 2 aromatic carbocycles. The van der Waals surface area contributed by atoms with Crippen molar-refractivity contribution in [3.8, 4) is 5.69 Å². The third kappa shape index (κ3) is 3.63. The van der Waals surface area contributed by atoms with Crippen molar-refractivity contribution in [2.45, 2.75) is 26.8 Å². The summed E-state index contributed by atoms with van der Waals surface area (Å²) in [7, 11) is 0. The van der Waals surface area contributed by atoms with Gasteiger partial charge in [-0.25, -0.2) is 4.68 Å². The van der Waals surface area contributed by atoms with Crippen LogP contribution in [-0.2, 0) is 0 Å². The van der Waals surface area contributed by atoms with E-state index in [1.807, 2.05) is 67.6 Å². The molecule has 128 valence electrons. The number of para-hydroxylation sites is 1. The molecule has 1 unspecified atom stereocenters. The van der Waals surface area contributed by atoms with Gasteiger partial charge in [-0.2, -0.15) is 5.10 Å². The molecule has 3 aromatic rings. The van der Waals surface area contributed by atoms with E-state index in [0.29, 0.717) is 5.56 Å². The molecule has 4 heteroatoms. The van der Waals surface area contributed by atoms with Crippen LogP contribution < -0.4 is 5.32 Å². The molecule has 0 saturated carbocycles. The Balaban J connectivity index is 1.85. The van der Waals surface area contributed by atoms with E-state index in [2.05, 4.69) is 24.3 Å². The summed E-state index contributed by atoms with van der Waals surface area (Å²) in [5.74, 6) is 0.193. The molecule has 1 N–H and O–H groups in total. The SMILES string of the molecule is Cc1c(C(=O)NC(c2ccccc2)C(C)C)cnn1-c1ccccc1. The summed E-state index contributed by atoms with van der Waals surface area (Å²) in [4.78, 5) is 12.8. The molecule has 1 heterocycles. The maximum Gasteiger partial charge on any atom is 0.255 e. The van der Waals surface area contributed by atoms with Gasteiger partial charge in [-0.3, -0.25) is 4.79 Å². The lowest BCUT2D eigenvalue weighted by atomic mass is 9.96. The van der Waals surface area contributed by atoms with Crippen LogP contribution >= 0.6 is 0 Å². The minimum atomic E-state index is -0.0952. The molecule has 0 aliphatic rings. The van der Waals surface area contributed by atoms with Crippen LogP contribution in [0.5, 0.6) is 0 Å². The highest BCUT2D eigenvalue weighted by Crippen LogP contribution is 2.22. The largest absolute Gasteiger partial charge is 0.345 e. The highest BCUT2D eigenvalue weighted by atomic mass is 16.1. The van der Waals surface area contributed by atoms with Crippen LogP contribution in [-0.4, -0.2) is 15.7 Å². The number of amides is 1. The number of hydrogen-bond acceptors (Lipinski definition) is 2. The zero-order valence-electron chi connectivity index (χ0n) is 14.8. The molecule has 0 saturated heterocycles. The van der Waals surface area contributed by atoms with Gasteiger partial charge in [-0.1, -0.05) is 62.4 Å². The van der Waals surface area contributed by atoms with Crippen LogP contribution in [0, 0.1) is 12.8 Å². The van der Waals surface area contributed by atoms with E-state index in [0.717, 1.165) is 16.9 Å². The first-order valence-corrected chi connectivity index (χ1v) is 8.53. The number of rotatable bonds is 5. The van der Waals surface area contributed by atoms with Crippen molar-refractivity contribution in [1.29, 1.82) is 0 Å². The minimum Gasteiger partial charge on any atom is -0.345 e. The zero-order chi connectivity index (χ0) is 17.8. The highest BCUT2D eigenvalue weighted by Gasteiger charge is 2.21. The summed E-state index contributed by atoms with van der Waals surface area (Å²) in [6, 6.07) is 19.9. The van der Waals surface area contributed by atoms with Gasteiger partial charge in [-0.05, 0) is 30.5 Å². The predicted octanol–water partition coefficient (Wildman–Crippen LogP) is 4.31. The zero-order valence-corrected chi connectivity index (χ0v) is 14.8. The lowest BCUT2D eigenvalue weighted by Gasteiger charge is -2.23. The molecule has 0 spiro atoms. The molecule has 0 bridgehead atoms. The van der Waals surface area contributed by atoms with Crippen LogP contribution in [0.3, 0.4) is 0 Å². The van der Waals surface area contributed by atoms with Gasteiger partial charge in [0.05, 0.1) is 29.2 Å². The van der Waals surface area contributed by atoms with E-state index in [9.17, 15) is 4.79 Å². The summed E-state index contributed by atoms with van der Waals surface area (Å²) >= 11 is 0. The number of hydrogen-bond donors (Lipinski definition) is 1. The van der Waals surface area contributed by atoms with Crippen molar-refractivity contribution in [2.75, 3.05) is 0 Å². The van der Waals surface area contributed by atoms with Crippen molar-refractivity contribution < 1.29 is 4.79 Å². The first kappa shape index (κ1) is 17.0. The Bertz CT molecular complexity index is 838. The van der Waals surface area contributed by atoms with Gasteiger partial charge in [-0.15, -0.1) is 0 Å². The fourth-order valence-corrected chi connectivity index (χ4v) is 2.98. The first-order chi connectivity index (χ1) is 12.1. The molecule has 1 aromatic heterocycles. The number of nitrogens with one attached hydrogen (secondary N) is 1. The highest BCUT2D eigenvalue weighted by molar-refractivity contribution is 5.95. The van der Waals surface area contributed by atoms with Gasteiger partial charge in [0, 0.05) is 0 Å². The second-order valence-electron chi connectivity index (χ2n) is 6.50. The topological polar surface area (TPSA) is 46.9 Å². The molecule has 0 radical (unpaired) electrons. The number of carbonyl (C=O) groups excluding carboxylic acids is 1. The molecular weight excluding hydrogens is 310 g/mol. The Morgan fingerprint density at radius 1 is 1.00 bits per heavy atom. The standard InChI is InChI=1S/C21H23N3O/c1-15(2)20(17-10-6-4-7-11-17)23-21(25)19-14-22-24(16(19)3)18-12-8-5-9-13-18/h4-15,20H,1-3H3,(H,23,25). The Labute approximate surface area is 148 Å². The molecule has 4 nitrogen and oxygen atoms in total. The van der Waals surface area contributed by atoms with E-state index in [-0.39, 0.29) is 17.9 Å². The molecule has 0 fully saturated rings. The minimum absolute atomic E-state index is 0.0341. The lowest BCUT2D eigenvalue weighted by molar-refractivity contribution is 0.0925. The number of carbonyl (C=O) groups is 1. The Morgan fingerprint density at radius 3 is 2.20 bits per heavy atom. The van der Waals surface area contributed by atoms with Crippen LogP contribution in [0.1, 0.15) is 41.5 Å². The van der Waals surface area contributed by atoms with Gasteiger partial charge >= 0.3 is 0 Å². The normalized spacial score (nSPS) is 12.2. The molecule has 0 aliphatic carbocycles. The number of aromatic nitrogens is 2. The summed E-state index contributed by atoms with van der Waals surface area (Å²) < 4.78 is 1.79. The first-order valence-electron chi connectivity index (χ1n) is 8.53. The van der Waals surface area contributed by atoms with Crippen molar-refractivity contribution in [1.82, 2.24) is 15.1 Å². The summed E-state index contributed by atoms with van der Waals surface area (Å²) in [6.07, 6.45) is 1.64. The molecule has 0 aliphatic heterocycles. The van der Waals surface area contributed by atoms with E-state index < -0.39 is 0 Å². The molecule has 1 amide bonds. The fourth-order valence-electron chi connectivity index (χ4n) is 2.98. The summed E-state index contributed by atoms with van der Waals surface area (Å²) in [5.41, 5.74) is 3.49. The fraction of sp³-hybridized carbons (Fsp3) is 0.238. The molecule has 25 heavy (non-hydrogen) atoms. The van der Waals surface area contributed by atoms with Gasteiger partial charge in [0.1, 0.15) is 0 Å². The van der Waals surface area contributed by atoms with Crippen molar-refractivity contribution >= 4 is 5.91 Å². The van der Waals surface area contributed by atoms with E-state index >= 15 is 0 Å². The molecule has 1 atom stereocenters. The van der Waals surface area contributed by atoms with Crippen LogP contribution in [0.2, 0.25) is 0 Å². The lowest BCUT2D eigenvalue weighted by Crippen LogP contribution is -2.32. The third-order valence-corrected chi connectivity index (χ3v) is 4.37. The van der Waals surface area contributed by atoms with Crippen molar-refractivity contribution in [3.63, 3.8) is 0 Å². The smallest absolute Gasteiger partial charge is 0.255 e. The van der Waals surface area contributed by atoms with E-state index in [1.165, 1.54) is 0 Å². The second kappa shape index (κ2) is 7.34. The quantitative estimate of drug-likeness (QED) is 0.756. The van der Waals surface area contributed by atoms with Crippen LogP contribution in [0.25, 0.3) is 5.69 Å². The van der Waals surface area contributed by atoms with Gasteiger partial charge < -0.3 is 5.32 Å². The monoisotopic (exact) mass is 333 g/mol. The Kier molecular flexibility index (Phi) is 4.98. The number of nitrogens with zero attached hydrogens (tertiary/aromatic N) is 2. The van der Waals surface area contributed by atoms with Crippen molar-refractivity contribution in [2.24, 2.45) is 5.92 Å². The van der Waals surface area contributed by atoms with Gasteiger partial charge in [0.2, 0.25) is 0 Å². The van der Waals surface area contributed by atoms with Crippen LogP contribution in [0.15, 0.2) is 66.9 Å². The van der Waals surface area contributed by atoms with Crippen LogP contribution in [0.4, 0.5) is 0 Å². The van der Waals surface area contributed by atoms with Gasteiger partial charge in [0.25, 0.3) is 5.91 Å². The average molecular weight is 333 g/mol. The Morgan fingerprint density at radius 2 is 1.60 bits per heavy atom. The van der Waals surface area contributed by atoms with Gasteiger partial charge in [0.15, 0.2) is 0 Å². The van der Waals surface area contributed by atoms with E-state index in [4.69, 9.17) is 0 Å². The van der Waals surface area contributed by atoms with E-state index in [1.54, 1.807) is 10.9 Å². The molecular formula is C21H23N3O. The Hall–Kier alpha value is -2.88. The maximum atomic E-state index is 12.8. The summed E-state index contributed by atoms with van der Waals surface area (Å²) in [6.45, 7) is 6.14. The maximum absolute atomic E-state index is 12.8. The average Bonchev–Trinajstić information content (AvgIpc) is 3.02. The van der Waals surface area contributed by atoms with Crippen molar-refractivity contribution in [3.05, 3.63) is 83.7 Å².